The minimum Gasteiger partial charge on any atom is -0.496 e. The van der Waals surface area contributed by atoms with Crippen LogP contribution in [0.1, 0.15) is 60.8 Å². The van der Waals surface area contributed by atoms with Gasteiger partial charge in [0.25, 0.3) is 11.8 Å². The summed E-state index contributed by atoms with van der Waals surface area (Å²) in [4.78, 5) is 40.0. The number of thiophene rings is 1. The topological polar surface area (TPSA) is 114 Å². The summed E-state index contributed by atoms with van der Waals surface area (Å²) in [7, 11) is 1.45. The fourth-order valence-corrected chi connectivity index (χ4v) is 5.80. The lowest BCUT2D eigenvalue weighted by molar-refractivity contribution is 0.00928. The zero-order chi connectivity index (χ0) is 23.1. The highest BCUT2D eigenvalue weighted by Gasteiger charge is 2.40. The summed E-state index contributed by atoms with van der Waals surface area (Å²) in [5.41, 5.74) is 1.47. The van der Waals surface area contributed by atoms with E-state index in [1.54, 1.807) is 18.2 Å². The second kappa shape index (κ2) is 8.77. The van der Waals surface area contributed by atoms with E-state index in [4.69, 9.17) is 14.2 Å². The first kappa shape index (κ1) is 21.9. The number of hydrogen-bond donors (Lipinski definition) is 2. The zero-order valence-corrected chi connectivity index (χ0v) is 18.9. The SMILES string of the molecule is COc1cccc2c1C(=O)N(CC1Cc3c(sc(NC4CCCCO4)c3C(=O)O)CO1)C2=O. The number of imide groups is 1. The van der Waals surface area contributed by atoms with Crippen LogP contribution in [0.15, 0.2) is 18.2 Å². The van der Waals surface area contributed by atoms with E-state index in [-0.39, 0.29) is 30.5 Å². The van der Waals surface area contributed by atoms with Crippen molar-refractivity contribution < 1.29 is 33.7 Å². The van der Waals surface area contributed by atoms with Crippen molar-refractivity contribution >= 4 is 34.1 Å². The predicted octanol–water partition coefficient (Wildman–Crippen LogP) is 3.13. The van der Waals surface area contributed by atoms with Crippen molar-refractivity contribution in [3.05, 3.63) is 45.3 Å². The van der Waals surface area contributed by atoms with Crippen molar-refractivity contribution in [2.45, 2.75) is 44.6 Å². The molecule has 1 aromatic carbocycles. The van der Waals surface area contributed by atoms with E-state index in [1.807, 2.05) is 0 Å². The van der Waals surface area contributed by atoms with Crippen LogP contribution < -0.4 is 10.1 Å². The van der Waals surface area contributed by atoms with Gasteiger partial charge in [0.2, 0.25) is 0 Å². The maximum Gasteiger partial charge on any atom is 0.338 e. The number of fused-ring (bicyclic) bond motifs is 2. The Hall–Kier alpha value is -2.95. The molecule has 2 atom stereocenters. The number of carbonyl (C=O) groups is 3. The minimum atomic E-state index is -1.02. The van der Waals surface area contributed by atoms with E-state index >= 15 is 0 Å². The lowest BCUT2D eigenvalue weighted by Crippen LogP contribution is -2.40. The standard InChI is InChI=1S/C23H24N2O7S/c1-30-15-6-4-5-13-18(15)22(27)25(21(13)26)10-12-9-14-16(11-32-12)33-20(19(14)23(28)29)24-17-7-2-3-8-31-17/h4-6,12,17,24H,2-3,7-11H2,1H3,(H,28,29). The number of carbonyl (C=O) groups excluding carboxylic acids is 2. The molecule has 0 radical (unpaired) electrons. The quantitative estimate of drug-likeness (QED) is 0.617. The van der Waals surface area contributed by atoms with Gasteiger partial charge in [-0.1, -0.05) is 6.07 Å². The Morgan fingerprint density at radius 1 is 1.27 bits per heavy atom. The number of hydrogen-bond acceptors (Lipinski definition) is 8. The number of carboxylic acids is 1. The molecule has 174 valence electrons. The Bertz CT molecular complexity index is 1120. The van der Waals surface area contributed by atoms with Crippen LogP contribution in [0, 0.1) is 0 Å². The Balaban J connectivity index is 1.36. The summed E-state index contributed by atoms with van der Waals surface area (Å²) in [6, 6.07) is 4.92. The van der Waals surface area contributed by atoms with Gasteiger partial charge < -0.3 is 24.6 Å². The molecule has 5 rings (SSSR count). The monoisotopic (exact) mass is 472 g/mol. The highest BCUT2D eigenvalue weighted by atomic mass is 32.1. The summed E-state index contributed by atoms with van der Waals surface area (Å²) in [5, 5.41) is 13.7. The van der Waals surface area contributed by atoms with Crippen molar-refractivity contribution in [2.75, 3.05) is 25.6 Å². The summed E-state index contributed by atoms with van der Waals surface area (Å²) in [6.45, 7) is 0.921. The Labute approximate surface area is 194 Å². The summed E-state index contributed by atoms with van der Waals surface area (Å²) in [6.07, 6.45) is 2.44. The van der Waals surface area contributed by atoms with E-state index in [1.165, 1.54) is 18.4 Å². The molecular formula is C23H24N2O7S. The van der Waals surface area contributed by atoms with Crippen LogP contribution >= 0.6 is 11.3 Å². The molecule has 1 aromatic heterocycles. The number of methoxy groups -OCH3 is 1. The number of anilines is 1. The summed E-state index contributed by atoms with van der Waals surface area (Å²) >= 11 is 1.36. The number of rotatable bonds is 6. The van der Waals surface area contributed by atoms with Crippen LogP contribution in [0.4, 0.5) is 5.00 Å². The third kappa shape index (κ3) is 3.88. The Kier molecular flexibility index (Phi) is 5.81. The molecule has 4 heterocycles. The van der Waals surface area contributed by atoms with Gasteiger partial charge in [0.15, 0.2) is 0 Å². The molecule has 1 fully saturated rings. The summed E-state index contributed by atoms with van der Waals surface area (Å²) < 4.78 is 16.9. The number of amides is 2. The van der Waals surface area contributed by atoms with Gasteiger partial charge in [0.1, 0.15) is 17.0 Å². The second-order valence-corrected chi connectivity index (χ2v) is 9.36. The Morgan fingerprint density at radius 2 is 2.12 bits per heavy atom. The normalized spacial score (nSPS) is 22.2. The van der Waals surface area contributed by atoms with E-state index in [0.29, 0.717) is 34.9 Å². The second-order valence-electron chi connectivity index (χ2n) is 8.25. The maximum absolute atomic E-state index is 13.0. The molecule has 2 amide bonds. The molecule has 0 aliphatic carbocycles. The first-order valence-electron chi connectivity index (χ1n) is 10.9. The van der Waals surface area contributed by atoms with E-state index in [2.05, 4.69) is 5.32 Å². The molecule has 10 heteroatoms. The van der Waals surface area contributed by atoms with Crippen molar-refractivity contribution in [2.24, 2.45) is 0 Å². The molecule has 2 N–H and O–H groups in total. The number of aromatic carboxylic acids is 1. The number of carboxylic acid groups (broad SMARTS) is 1. The van der Waals surface area contributed by atoms with Gasteiger partial charge in [-0.25, -0.2) is 4.79 Å². The third-order valence-corrected chi connectivity index (χ3v) is 7.36. The maximum atomic E-state index is 13.0. The van der Waals surface area contributed by atoms with E-state index < -0.39 is 23.9 Å². The Morgan fingerprint density at radius 3 is 2.85 bits per heavy atom. The number of nitrogens with one attached hydrogen (secondary N) is 1. The van der Waals surface area contributed by atoms with Crippen LogP contribution in [0.25, 0.3) is 0 Å². The van der Waals surface area contributed by atoms with Gasteiger partial charge in [0, 0.05) is 17.9 Å². The first-order chi connectivity index (χ1) is 16.0. The van der Waals surface area contributed by atoms with Crippen LogP contribution in [-0.4, -0.2) is 60.4 Å². The minimum absolute atomic E-state index is 0.0400. The van der Waals surface area contributed by atoms with Gasteiger partial charge in [-0.3, -0.25) is 14.5 Å². The molecule has 0 spiro atoms. The van der Waals surface area contributed by atoms with Crippen LogP contribution in [0.5, 0.6) is 5.75 Å². The zero-order valence-electron chi connectivity index (χ0n) is 18.1. The smallest absolute Gasteiger partial charge is 0.338 e. The molecule has 9 nitrogen and oxygen atoms in total. The van der Waals surface area contributed by atoms with Crippen LogP contribution in [0.3, 0.4) is 0 Å². The van der Waals surface area contributed by atoms with Crippen molar-refractivity contribution in [1.82, 2.24) is 4.90 Å². The van der Waals surface area contributed by atoms with Crippen LogP contribution in [0.2, 0.25) is 0 Å². The average Bonchev–Trinajstić information content (AvgIpc) is 3.29. The van der Waals surface area contributed by atoms with Crippen molar-refractivity contribution in [3.8, 4) is 5.75 Å². The first-order valence-corrected chi connectivity index (χ1v) is 11.7. The predicted molar refractivity (Wildman–Crippen MR) is 119 cm³/mol. The summed E-state index contributed by atoms with van der Waals surface area (Å²) in [5.74, 6) is -1.49. The van der Waals surface area contributed by atoms with Gasteiger partial charge in [0.05, 0.1) is 43.1 Å². The van der Waals surface area contributed by atoms with Gasteiger partial charge in [-0.15, -0.1) is 11.3 Å². The highest BCUT2D eigenvalue weighted by molar-refractivity contribution is 7.16. The fraction of sp³-hybridized carbons (Fsp3) is 0.435. The lowest BCUT2D eigenvalue weighted by Gasteiger charge is -2.27. The number of ether oxygens (including phenoxy) is 3. The van der Waals surface area contributed by atoms with E-state index in [0.717, 1.165) is 29.0 Å². The van der Waals surface area contributed by atoms with Crippen molar-refractivity contribution in [3.63, 3.8) is 0 Å². The van der Waals surface area contributed by atoms with Gasteiger partial charge >= 0.3 is 5.97 Å². The van der Waals surface area contributed by atoms with Crippen molar-refractivity contribution in [1.29, 1.82) is 0 Å². The molecule has 0 bridgehead atoms. The molecule has 2 aromatic rings. The molecular weight excluding hydrogens is 448 g/mol. The largest absolute Gasteiger partial charge is 0.496 e. The molecule has 2 unspecified atom stereocenters. The third-order valence-electron chi connectivity index (χ3n) is 6.23. The molecule has 3 aliphatic heterocycles. The molecule has 33 heavy (non-hydrogen) atoms. The van der Waals surface area contributed by atoms with Gasteiger partial charge in [-0.05, 0) is 37.0 Å². The fourth-order valence-electron chi connectivity index (χ4n) is 4.61. The number of benzene rings is 1. The number of nitrogens with zero attached hydrogens (tertiary/aromatic N) is 1. The van der Waals surface area contributed by atoms with E-state index in [9.17, 15) is 19.5 Å². The molecule has 1 saturated heterocycles. The van der Waals surface area contributed by atoms with Gasteiger partial charge in [-0.2, -0.15) is 0 Å². The average molecular weight is 473 g/mol. The highest BCUT2D eigenvalue weighted by Crippen LogP contribution is 2.39. The molecule has 3 aliphatic rings. The van der Waals surface area contributed by atoms with Crippen LogP contribution in [-0.2, 0) is 22.5 Å². The lowest BCUT2D eigenvalue weighted by atomic mass is 10.0. The molecule has 0 saturated carbocycles.